The number of anilines is 1. The van der Waals surface area contributed by atoms with Crippen molar-refractivity contribution in [3.8, 4) is 0 Å². The molecule has 1 fully saturated rings. The molecule has 0 saturated carbocycles. The first-order valence-electron chi connectivity index (χ1n) is 9.46. The Morgan fingerprint density at radius 1 is 1.17 bits per heavy atom. The van der Waals surface area contributed by atoms with E-state index in [0.29, 0.717) is 43.4 Å². The van der Waals surface area contributed by atoms with Gasteiger partial charge in [-0.3, -0.25) is 4.79 Å². The summed E-state index contributed by atoms with van der Waals surface area (Å²) in [6, 6.07) is 14.7. The van der Waals surface area contributed by atoms with E-state index in [1.54, 1.807) is 18.2 Å². The molecule has 2 aromatic rings. The van der Waals surface area contributed by atoms with Crippen LogP contribution in [-0.2, 0) is 14.8 Å². The first-order valence-corrected chi connectivity index (χ1v) is 11.3. The Kier molecular flexibility index (Phi) is 7.08. The maximum Gasteiger partial charge on any atom is 0.279 e. The van der Waals surface area contributed by atoms with Gasteiger partial charge < -0.3 is 10.2 Å². The molecule has 1 amide bonds. The van der Waals surface area contributed by atoms with Gasteiger partial charge in [0.1, 0.15) is 0 Å². The number of nitrogens with one attached hydrogen (secondary N) is 2. The summed E-state index contributed by atoms with van der Waals surface area (Å²) in [5, 5.41) is 4.71. The van der Waals surface area contributed by atoms with Crippen LogP contribution in [0.25, 0.3) is 6.08 Å². The van der Waals surface area contributed by atoms with E-state index in [4.69, 9.17) is 11.6 Å². The first-order chi connectivity index (χ1) is 13.8. The van der Waals surface area contributed by atoms with Gasteiger partial charge in [0, 0.05) is 16.1 Å². The molecule has 2 aromatic carbocycles. The van der Waals surface area contributed by atoms with Gasteiger partial charge in [-0.2, -0.15) is 4.31 Å². The van der Waals surface area contributed by atoms with E-state index in [9.17, 15) is 13.2 Å². The Hall–Kier alpha value is -2.19. The molecule has 8 heteroatoms. The summed E-state index contributed by atoms with van der Waals surface area (Å²) >= 11 is 5.99. The molecule has 2 N–H and O–H groups in total. The van der Waals surface area contributed by atoms with Gasteiger partial charge in [-0.05, 0) is 36.3 Å². The third kappa shape index (κ3) is 6.14. The number of carbonyl (C=O) groups excluding carboxylic acids is 1. The highest BCUT2D eigenvalue weighted by Gasteiger charge is 2.28. The molecule has 6 nitrogen and oxygen atoms in total. The highest BCUT2D eigenvalue weighted by molar-refractivity contribution is 7.92. The SMILES string of the molecule is Cc1ccc(Cl)cc1NC(=O)C[NH+]1CCN(S(=O)(=O)/C=C/c2ccccc2)CC1. The van der Waals surface area contributed by atoms with E-state index in [-0.39, 0.29) is 5.91 Å². The van der Waals surface area contributed by atoms with Crippen LogP contribution < -0.4 is 10.2 Å². The predicted octanol–water partition coefficient (Wildman–Crippen LogP) is 1.79. The number of piperazine rings is 1. The molecule has 0 bridgehead atoms. The highest BCUT2D eigenvalue weighted by atomic mass is 35.5. The highest BCUT2D eigenvalue weighted by Crippen LogP contribution is 2.19. The smallest absolute Gasteiger partial charge is 0.279 e. The van der Waals surface area contributed by atoms with Crippen molar-refractivity contribution in [2.45, 2.75) is 6.92 Å². The van der Waals surface area contributed by atoms with Crippen LogP contribution in [-0.4, -0.2) is 51.4 Å². The van der Waals surface area contributed by atoms with Crippen molar-refractivity contribution >= 4 is 39.3 Å². The van der Waals surface area contributed by atoms with Crippen molar-refractivity contribution in [2.75, 3.05) is 38.0 Å². The maximum atomic E-state index is 12.5. The molecule has 0 unspecified atom stereocenters. The van der Waals surface area contributed by atoms with Crippen LogP contribution in [0.2, 0.25) is 5.02 Å². The summed E-state index contributed by atoms with van der Waals surface area (Å²) < 4.78 is 26.5. The number of benzene rings is 2. The minimum absolute atomic E-state index is 0.106. The van der Waals surface area contributed by atoms with E-state index in [0.717, 1.165) is 16.0 Å². The normalized spacial score (nSPS) is 16.2. The van der Waals surface area contributed by atoms with Crippen LogP contribution in [0.15, 0.2) is 53.9 Å². The lowest BCUT2D eigenvalue weighted by molar-refractivity contribution is -0.895. The number of quaternary nitrogens is 1. The van der Waals surface area contributed by atoms with Crippen molar-refractivity contribution in [3.63, 3.8) is 0 Å². The molecular weight excluding hydrogens is 410 g/mol. The molecule has 0 aliphatic carbocycles. The van der Waals surface area contributed by atoms with Crippen LogP contribution in [0.4, 0.5) is 5.69 Å². The molecule has 29 heavy (non-hydrogen) atoms. The lowest BCUT2D eigenvalue weighted by Gasteiger charge is -2.30. The summed E-state index contributed by atoms with van der Waals surface area (Å²) in [5.41, 5.74) is 2.49. The lowest BCUT2D eigenvalue weighted by atomic mass is 10.2. The minimum Gasteiger partial charge on any atom is -0.325 e. The second kappa shape index (κ2) is 9.54. The van der Waals surface area contributed by atoms with Gasteiger partial charge >= 0.3 is 0 Å². The minimum atomic E-state index is -3.47. The Balaban J connectivity index is 1.51. The first kappa shape index (κ1) is 21.5. The average Bonchev–Trinajstić information content (AvgIpc) is 2.70. The van der Waals surface area contributed by atoms with E-state index >= 15 is 0 Å². The standard InChI is InChI=1S/C21H24ClN3O3S/c1-17-7-8-19(22)15-20(17)23-21(26)16-24-10-12-25(13-11-24)29(27,28)14-9-18-5-3-2-4-6-18/h2-9,14-15H,10-13,16H2,1H3,(H,23,26)/p+1/b14-9+. The number of amides is 1. The summed E-state index contributed by atoms with van der Waals surface area (Å²) in [5.74, 6) is -0.106. The fourth-order valence-electron chi connectivity index (χ4n) is 3.20. The average molecular weight is 435 g/mol. The molecule has 0 radical (unpaired) electrons. The van der Waals surface area contributed by atoms with Gasteiger partial charge in [-0.15, -0.1) is 0 Å². The lowest BCUT2D eigenvalue weighted by Crippen LogP contribution is -3.15. The Bertz CT molecular complexity index is 985. The second-order valence-electron chi connectivity index (χ2n) is 7.09. The largest absolute Gasteiger partial charge is 0.325 e. The Labute approximate surface area is 176 Å². The number of hydrogen-bond donors (Lipinski definition) is 2. The Morgan fingerprint density at radius 2 is 1.86 bits per heavy atom. The van der Waals surface area contributed by atoms with E-state index in [1.807, 2.05) is 43.3 Å². The van der Waals surface area contributed by atoms with Crippen LogP contribution in [0, 0.1) is 6.92 Å². The van der Waals surface area contributed by atoms with Crippen molar-refractivity contribution in [3.05, 3.63) is 70.1 Å². The van der Waals surface area contributed by atoms with Crippen LogP contribution in [0.5, 0.6) is 0 Å². The van der Waals surface area contributed by atoms with E-state index in [2.05, 4.69) is 5.32 Å². The molecule has 1 aliphatic rings. The zero-order chi connectivity index (χ0) is 20.9. The monoisotopic (exact) mass is 434 g/mol. The van der Waals surface area contributed by atoms with E-state index in [1.165, 1.54) is 9.71 Å². The third-order valence-corrected chi connectivity index (χ3v) is 6.71. The summed E-state index contributed by atoms with van der Waals surface area (Å²) in [4.78, 5) is 13.4. The number of nitrogens with zero attached hydrogens (tertiary/aromatic N) is 1. The van der Waals surface area contributed by atoms with Gasteiger partial charge in [0.05, 0.1) is 26.2 Å². The Morgan fingerprint density at radius 3 is 2.55 bits per heavy atom. The van der Waals surface area contributed by atoms with Crippen LogP contribution in [0.1, 0.15) is 11.1 Å². The summed E-state index contributed by atoms with van der Waals surface area (Å²) in [6.45, 7) is 4.15. The van der Waals surface area contributed by atoms with Gasteiger partial charge in [0.25, 0.3) is 5.91 Å². The number of sulfonamides is 1. The van der Waals surface area contributed by atoms with Crippen molar-refractivity contribution in [2.24, 2.45) is 0 Å². The molecule has 0 aromatic heterocycles. The third-order valence-electron chi connectivity index (χ3n) is 4.91. The molecule has 1 aliphatic heterocycles. The molecule has 154 valence electrons. The molecular formula is C21H25ClN3O3S+. The van der Waals surface area contributed by atoms with Crippen molar-refractivity contribution in [1.29, 1.82) is 0 Å². The fourth-order valence-corrected chi connectivity index (χ4v) is 4.56. The quantitative estimate of drug-likeness (QED) is 0.728. The van der Waals surface area contributed by atoms with Crippen LogP contribution in [0.3, 0.4) is 0 Å². The molecule has 0 spiro atoms. The number of hydrogen-bond acceptors (Lipinski definition) is 3. The van der Waals surface area contributed by atoms with Crippen molar-refractivity contribution < 1.29 is 18.1 Å². The molecule has 1 saturated heterocycles. The van der Waals surface area contributed by atoms with Gasteiger partial charge in [0.2, 0.25) is 10.0 Å². The van der Waals surface area contributed by atoms with Crippen molar-refractivity contribution in [1.82, 2.24) is 4.31 Å². The summed E-state index contributed by atoms with van der Waals surface area (Å²) in [6.07, 6.45) is 1.61. The number of aryl methyl sites for hydroxylation is 1. The number of carbonyl (C=O) groups is 1. The molecule has 3 rings (SSSR count). The second-order valence-corrected chi connectivity index (χ2v) is 9.35. The van der Waals surface area contributed by atoms with Gasteiger partial charge in [-0.25, -0.2) is 8.42 Å². The van der Waals surface area contributed by atoms with Gasteiger partial charge in [0.15, 0.2) is 6.54 Å². The van der Waals surface area contributed by atoms with E-state index < -0.39 is 10.0 Å². The zero-order valence-corrected chi connectivity index (χ0v) is 17.8. The maximum absolute atomic E-state index is 12.5. The topological polar surface area (TPSA) is 70.9 Å². The number of halogens is 1. The van der Waals surface area contributed by atoms with Crippen LogP contribution >= 0.6 is 11.6 Å². The molecule has 1 heterocycles. The molecule has 0 atom stereocenters. The number of rotatable bonds is 6. The zero-order valence-electron chi connectivity index (χ0n) is 16.3. The van der Waals surface area contributed by atoms with Gasteiger partial charge in [-0.1, -0.05) is 48.0 Å². The fraction of sp³-hybridized carbons (Fsp3) is 0.286. The summed E-state index contributed by atoms with van der Waals surface area (Å²) in [7, 11) is -3.47. The predicted molar refractivity (Wildman–Crippen MR) is 116 cm³/mol.